The molecule has 1 aromatic heterocycles. The molecule has 0 aliphatic rings. The SMILES string of the molecule is CCNCc1sccc1S(=O)(=O)Nc1cc(C)ccc1F. The van der Waals surface area contributed by atoms with Crippen LogP contribution >= 0.6 is 11.3 Å². The molecule has 0 fully saturated rings. The van der Waals surface area contributed by atoms with Gasteiger partial charge in [-0.1, -0.05) is 13.0 Å². The van der Waals surface area contributed by atoms with E-state index in [0.29, 0.717) is 11.4 Å². The molecule has 0 unspecified atom stereocenters. The van der Waals surface area contributed by atoms with Crippen molar-refractivity contribution in [2.24, 2.45) is 0 Å². The van der Waals surface area contributed by atoms with E-state index in [9.17, 15) is 12.8 Å². The van der Waals surface area contributed by atoms with E-state index in [0.717, 1.165) is 12.1 Å². The van der Waals surface area contributed by atoms with E-state index in [1.54, 1.807) is 18.4 Å². The van der Waals surface area contributed by atoms with Crippen molar-refractivity contribution in [3.63, 3.8) is 0 Å². The van der Waals surface area contributed by atoms with Gasteiger partial charge in [-0.15, -0.1) is 11.3 Å². The number of hydrogen-bond donors (Lipinski definition) is 2. The molecule has 2 rings (SSSR count). The van der Waals surface area contributed by atoms with Crippen molar-refractivity contribution in [1.29, 1.82) is 0 Å². The van der Waals surface area contributed by atoms with E-state index in [2.05, 4.69) is 10.0 Å². The van der Waals surface area contributed by atoms with Crippen molar-refractivity contribution in [1.82, 2.24) is 5.32 Å². The molecule has 7 heteroatoms. The summed E-state index contributed by atoms with van der Waals surface area (Å²) in [7, 11) is -3.79. The molecule has 2 N–H and O–H groups in total. The maximum absolute atomic E-state index is 13.7. The van der Waals surface area contributed by atoms with Crippen LogP contribution < -0.4 is 10.0 Å². The highest BCUT2D eigenvalue weighted by atomic mass is 32.2. The van der Waals surface area contributed by atoms with E-state index in [1.165, 1.54) is 29.5 Å². The minimum Gasteiger partial charge on any atom is -0.312 e. The Morgan fingerprint density at radius 1 is 1.29 bits per heavy atom. The highest BCUT2D eigenvalue weighted by molar-refractivity contribution is 7.93. The number of thiophene rings is 1. The van der Waals surface area contributed by atoms with Gasteiger partial charge >= 0.3 is 0 Å². The third kappa shape index (κ3) is 3.81. The molecule has 1 aromatic carbocycles. The molecule has 114 valence electrons. The summed E-state index contributed by atoms with van der Waals surface area (Å²) in [6.45, 7) is 4.94. The average molecular weight is 328 g/mol. The van der Waals surface area contributed by atoms with Crippen LogP contribution in [0.1, 0.15) is 17.4 Å². The van der Waals surface area contributed by atoms with Crippen LogP contribution in [0.3, 0.4) is 0 Å². The van der Waals surface area contributed by atoms with Gasteiger partial charge in [-0.3, -0.25) is 4.72 Å². The van der Waals surface area contributed by atoms with E-state index in [-0.39, 0.29) is 10.6 Å². The topological polar surface area (TPSA) is 58.2 Å². The lowest BCUT2D eigenvalue weighted by Gasteiger charge is -2.10. The fourth-order valence-electron chi connectivity index (χ4n) is 1.85. The number of anilines is 1. The maximum atomic E-state index is 13.7. The van der Waals surface area contributed by atoms with Crippen molar-refractivity contribution < 1.29 is 12.8 Å². The van der Waals surface area contributed by atoms with Gasteiger partial charge in [0.2, 0.25) is 0 Å². The van der Waals surface area contributed by atoms with E-state index in [1.807, 2.05) is 6.92 Å². The first-order chi connectivity index (χ1) is 9.94. The molecule has 0 spiro atoms. The summed E-state index contributed by atoms with van der Waals surface area (Å²) in [6, 6.07) is 5.85. The Bertz CT molecular complexity index is 726. The monoisotopic (exact) mass is 328 g/mol. The third-order valence-corrected chi connectivity index (χ3v) is 5.40. The molecule has 0 radical (unpaired) electrons. The summed E-state index contributed by atoms with van der Waals surface area (Å²) in [5.41, 5.74) is 0.753. The number of nitrogens with one attached hydrogen (secondary N) is 2. The normalized spacial score (nSPS) is 11.6. The molecule has 0 bridgehead atoms. The maximum Gasteiger partial charge on any atom is 0.263 e. The lowest BCUT2D eigenvalue weighted by molar-refractivity contribution is 0.597. The van der Waals surface area contributed by atoms with Gasteiger partial charge in [0.15, 0.2) is 0 Å². The van der Waals surface area contributed by atoms with Crippen molar-refractivity contribution in [2.75, 3.05) is 11.3 Å². The Labute approximate surface area is 128 Å². The molecule has 0 amide bonds. The second-order valence-corrected chi connectivity index (χ2v) is 7.23. The van der Waals surface area contributed by atoms with Crippen molar-refractivity contribution in [2.45, 2.75) is 25.3 Å². The Balaban J connectivity index is 2.30. The Morgan fingerprint density at radius 3 is 2.76 bits per heavy atom. The van der Waals surface area contributed by atoms with Gasteiger partial charge in [-0.05, 0) is 42.6 Å². The summed E-state index contributed by atoms with van der Waals surface area (Å²) < 4.78 is 40.9. The van der Waals surface area contributed by atoms with Gasteiger partial charge in [0.25, 0.3) is 10.0 Å². The molecule has 0 saturated carbocycles. The number of sulfonamides is 1. The fraction of sp³-hybridized carbons (Fsp3) is 0.286. The molecule has 0 aliphatic carbocycles. The summed E-state index contributed by atoms with van der Waals surface area (Å²) in [5, 5.41) is 4.81. The molecule has 21 heavy (non-hydrogen) atoms. The second kappa shape index (κ2) is 6.55. The zero-order chi connectivity index (χ0) is 15.5. The predicted molar refractivity (Wildman–Crippen MR) is 83.6 cm³/mol. The molecular weight excluding hydrogens is 311 g/mol. The molecule has 4 nitrogen and oxygen atoms in total. The highest BCUT2D eigenvalue weighted by Gasteiger charge is 2.21. The van der Waals surface area contributed by atoms with Crippen molar-refractivity contribution >= 4 is 27.0 Å². The van der Waals surface area contributed by atoms with Crippen LogP contribution in [0.2, 0.25) is 0 Å². The number of hydrogen-bond acceptors (Lipinski definition) is 4. The van der Waals surface area contributed by atoms with Crippen LogP contribution in [0.25, 0.3) is 0 Å². The van der Waals surface area contributed by atoms with Crippen LogP contribution in [0.5, 0.6) is 0 Å². The van der Waals surface area contributed by atoms with Gasteiger partial charge in [0.1, 0.15) is 10.7 Å². The van der Waals surface area contributed by atoms with Gasteiger partial charge < -0.3 is 5.32 Å². The molecular formula is C14H17FN2O2S2. The van der Waals surface area contributed by atoms with Crippen LogP contribution in [0.15, 0.2) is 34.5 Å². The first-order valence-corrected chi connectivity index (χ1v) is 8.86. The first kappa shape index (κ1) is 15.9. The Hall–Kier alpha value is -1.44. The summed E-state index contributed by atoms with van der Waals surface area (Å²) in [4.78, 5) is 0.895. The molecule has 2 aromatic rings. The van der Waals surface area contributed by atoms with Gasteiger partial charge in [0, 0.05) is 11.4 Å². The third-order valence-electron chi connectivity index (χ3n) is 2.90. The van der Waals surface area contributed by atoms with Crippen LogP contribution in [0, 0.1) is 12.7 Å². The number of benzene rings is 1. The number of halogens is 1. The van der Waals surface area contributed by atoms with Crippen LogP contribution in [0.4, 0.5) is 10.1 Å². The molecule has 1 heterocycles. The summed E-state index contributed by atoms with van der Waals surface area (Å²) >= 11 is 1.36. The smallest absolute Gasteiger partial charge is 0.263 e. The number of aryl methyl sites for hydroxylation is 1. The van der Waals surface area contributed by atoms with Gasteiger partial charge in [-0.2, -0.15) is 0 Å². The van der Waals surface area contributed by atoms with Crippen molar-refractivity contribution in [3.05, 3.63) is 45.9 Å². The van der Waals surface area contributed by atoms with E-state index in [4.69, 9.17) is 0 Å². The standard InChI is InChI=1S/C14H17FN2O2S2/c1-3-16-9-13-14(6-7-20-13)21(18,19)17-12-8-10(2)4-5-11(12)15/h4-8,16-17H,3,9H2,1-2H3. The number of rotatable bonds is 6. The molecule has 0 aliphatic heterocycles. The van der Waals surface area contributed by atoms with E-state index >= 15 is 0 Å². The van der Waals surface area contributed by atoms with E-state index < -0.39 is 15.8 Å². The minimum absolute atomic E-state index is 0.0319. The van der Waals surface area contributed by atoms with Gasteiger partial charge in [-0.25, -0.2) is 12.8 Å². The summed E-state index contributed by atoms with van der Waals surface area (Å²) in [6.07, 6.45) is 0. The first-order valence-electron chi connectivity index (χ1n) is 6.50. The lowest BCUT2D eigenvalue weighted by atomic mass is 10.2. The zero-order valence-electron chi connectivity index (χ0n) is 11.8. The summed E-state index contributed by atoms with van der Waals surface area (Å²) in [5.74, 6) is -0.590. The zero-order valence-corrected chi connectivity index (χ0v) is 13.4. The second-order valence-electron chi connectivity index (χ2n) is 4.58. The highest BCUT2D eigenvalue weighted by Crippen LogP contribution is 2.25. The van der Waals surface area contributed by atoms with Crippen LogP contribution in [-0.2, 0) is 16.6 Å². The minimum atomic E-state index is -3.79. The Kier molecular flexibility index (Phi) is 4.97. The molecule has 0 atom stereocenters. The predicted octanol–water partition coefficient (Wildman–Crippen LogP) is 3.11. The van der Waals surface area contributed by atoms with Crippen LogP contribution in [-0.4, -0.2) is 15.0 Å². The Morgan fingerprint density at radius 2 is 2.05 bits per heavy atom. The fourth-order valence-corrected chi connectivity index (χ4v) is 4.33. The van der Waals surface area contributed by atoms with Crippen molar-refractivity contribution in [3.8, 4) is 0 Å². The largest absolute Gasteiger partial charge is 0.312 e. The average Bonchev–Trinajstić information content (AvgIpc) is 2.89. The quantitative estimate of drug-likeness (QED) is 0.856. The van der Waals surface area contributed by atoms with Gasteiger partial charge in [0.05, 0.1) is 5.69 Å². The lowest BCUT2D eigenvalue weighted by Crippen LogP contribution is -2.17. The molecule has 0 saturated heterocycles.